The maximum atomic E-state index is 11.7. The Morgan fingerprint density at radius 1 is 1.53 bits per heavy atom. The van der Waals surface area contributed by atoms with Crippen LogP contribution in [-0.2, 0) is 18.4 Å². The molecule has 19 heavy (non-hydrogen) atoms. The van der Waals surface area contributed by atoms with E-state index in [-0.39, 0.29) is 11.8 Å². The molecule has 0 aromatic carbocycles. The Morgan fingerprint density at radius 2 is 2.37 bits per heavy atom. The lowest BCUT2D eigenvalue weighted by atomic mass is 10.1. The molecule has 0 aliphatic heterocycles. The van der Waals surface area contributed by atoms with Crippen molar-refractivity contribution in [1.29, 1.82) is 0 Å². The lowest BCUT2D eigenvalue weighted by molar-refractivity contribution is -0.122. The SMILES string of the molecule is Cn1cc(-c2ncccc2CNC(=O)C2CC2)cn1. The van der Waals surface area contributed by atoms with Crippen LogP contribution in [0.4, 0.5) is 0 Å². The number of amides is 1. The maximum absolute atomic E-state index is 11.7. The predicted molar refractivity (Wildman–Crippen MR) is 71.0 cm³/mol. The molecule has 0 unspecified atom stereocenters. The van der Waals surface area contributed by atoms with E-state index in [0.29, 0.717) is 6.54 Å². The standard InChI is InChI=1S/C14H16N4O/c1-18-9-12(8-17-18)13-11(3-2-6-15-13)7-16-14(19)10-4-5-10/h2-3,6,8-10H,4-5,7H2,1H3,(H,16,19). The smallest absolute Gasteiger partial charge is 0.223 e. The van der Waals surface area contributed by atoms with Crippen molar-refractivity contribution in [2.75, 3.05) is 0 Å². The molecule has 0 atom stereocenters. The molecule has 1 N–H and O–H groups in total. The third-order valence-corrected chi connectivity index (χ3v) is 3.27. The second-order valence-corrected chi connectivity index (χ2v) is 4.91. The normalized spacial score (nSPS) is 14.4. The van der Waals surface area contributed by atoms with E-state index >= 15 is 0 Å². The number of carbonyl (C=O) groups excluding carboxylic acids is 1. The van der Waals surface area contributed by atoms with E-state index in [1.165, 1.54) is 0 Å². The second kappa shape index (κ2) is 4.84. The van der Waals surface area contributed by atoms with E-state index in [4.69, 9.17) is 0 Å². The molecule has 5 heteroatoms. The number of aryl methyl sites for hydroxylation is 1. The first kappa shape index (κ1) is 11.9. The quantitative estimate of drug-likeness (QED) is 0.902. The number of nitrogens with zero attached hydrogens (tertiary/aromatic N) is 3. The zero-order valence-electron chi connectivity index (χ0n) is 10.8. The molecule has 1 saturated carbocycles. The fourth-order valence-corrected chi connectivity index (χ4v) is 2.06. The summed E-state index contributed by atoms with van der Waals surface area (Å²) in [4.78, 5) is 16.1. The van der Waals surface area contributed by atoms with E-state index in [9.17, 15) is 4.79 Å². The van der Waals surface area contributed by atoms with E-state index in [1.54, 1.807) is 17.1 Å². The van der Waals surface area contributed by atoms with Gasteiger partial charge in [0.1, 0.15) is 0 Å². The largest absolute Gasteiger partial charge is 0.352 e. The van der Waals surface area contributed by atoms with Gasteiger partial charge in [0.25, 0.3) is 0 Å². The van der Waals surface area contributed by atoms with Crippen molar-refractivity contribution < 1.29 is 4.79 Å². The van der Waals surface area contributed by atoms with Crippen LogP contribution >= 0.6 is 0 Å². The number of rotatable bonds is 4. The number of aromatic nitrogens is 3. The highest BCUT2D eigenvalue weighted by molar-refractivity contribution is 5.81. The first-order valence-corrected chi connectivity index (χ1v) is 6.44. The number of carbonyl (C=O) groups is 1. The molecule has 0 spiro atoms. The van der Waals surface area contributed by atoms with E-state index in [2.05, 4.69) is 15.4 Å². The highest BCUT2D eigenvalue weighted by Gasteiger charge is 2.29. The zero-order valence-corrected chi connectivity index (χ0v) is 10.8. The molecule has 2 heterocycles. The summed E-state index contributed by atoms with van der Waals surface area (Å²) in [5.41, 5.74) is 2.87. The van der Waals surface area contributed by atoms with Crippen molar-refractivity contribution in [3.8, 4) is 11.3 Å². The summed E-state index contributed by atoms with van der Waals surface area (Å²) < 4.78 is 1.75. The van der Waals surface area contributed by atoms with Crippen LogP contribution in [0.3, 0.4) is 0 Å². The molecule has 5 nitrogen and oxygen atoms in total. The molecular formula is C14H16N4O. The highest BCUT2D eigenvalue weighted by Crippen LogP contribution is 2.29. The van der Waals surface area contributed by atoms with Crippen LogP contribution in [0.15, 0.2) is 30.7 Å². The van der Waals surface area contributed by atoms with Crippen molar-refractivity contribution >= 4 is 5.91 Å². The highest BCUT2D eigenvalue weighted by atomic mass is 16.2. The van der Waals surface area contributed by atoms with Crippen molar-refractivity contribution in [1.82, 2.24) is 20.1 Å². The molecule has 2 aromatic heterocycles. The first-order chi connectivity index (χ1) is 9.24. The van der Waals surface area contributed by atoms with Crippen LogP contribution < -0.4 is 5.32 Å². The molecule has 0 saturated heterocycles. The van der Waals surface area contributed by atoms with E-state index in [0.717, 1.165) is 29.7 Å². The third-order valence-electron chi connectivity index (χ3n) is 3.27. The molecule has 2 aromatic rings. The Labute approximate surface area is 111 Å². The third kappa shape index (κ3) is 2.65. The molecule has 1 aliphatic carbocycles. The van der Waals surface area contributed by atoms with Gasteiger partial charge >= 0.3 is 0 Å². The first-order valence-electron chi connectivity index (χ1n) is 6.44. The molecule has 1 fully saturated rings. The van der Waals surface area contributed by atoms with Gasteiger partial charge in [0.15, 0.2) is 0 Å². The second-order valence-electron chi connectivity index (χ2n) is 4.91. The summed E-state index contributed by atoms with van der Waals surface area (Å²) in [6.07, 6.45) is 7.51. The van der Waals surface area contributed by atoms with Gasteiger partial charge in [-0.2, -0.15) is 5.10 Å². The van der Waals surface area contributed by atoms with Gasteiger partial charge < -0.3 is 5.32 Å². The van der Waals surface area contributed by atoms with E-state index < -0.39 is 0 Å². The molecule has 3 rings (SSSR count). The zero-order chi connectivity index (χ0) is 13.2. The maximum Gasteiger partial charge on any atom is 0.223 e. The van der Waals surface area contributed by atoms with E-state index in [1.807, 2.05) is 25.4 Å². The Kier molecular flexibility index (Phi) is 3.03. The molecule has 0 bridgehead atoms. The van der Waals surface area contributed by atoms with Crippen LogP contribution in [0.1, 0.15) is 18.4 Å². The average molecular weight is 256 g/mol. The fourth-order valence-electron chi connectivity index (χ4n) is 2.06. The van der Waals surface area contributed by atoms with Crippen molar-refractivity contribution in [2.24, 2.45) is 13.0 Å². The van der Waals surface area contributed by atoms with Gasteiger partial charge in [0, 0.05) is 37.5 Å². The van der Waals surface area contributed by atoms with Crippen molar-refractivity contribution in [2.45, 2.75) is 19.4 Å². The van der Waals surface area contributed by atoms with Gasteiger partial charge in [-0.15, -0.1) is 0 Å². The minimum atomic E-state index is 0.154. The molecule has 98 valence electrons. The van der Waals surface area contributed by atoms with Gasteiger partial charge in [0.05, 0.1) is 11.9 Å². The monoisotopic (exact) mass is 256 g/mol. The number of pyridine rings is 1. The summed E-state index contributed by atoms with van der Waals surface area (Å²) in [5, 5.41) is 7.13. The molecule has 0 radical (unpaired) electrons. The summed E-state index contributed by atoms with van der Waals surface area (Å²) in [6, 6.07) is 3.88. The Morgan fingerprint density at radius 3 is 3.05 bits per heavy atom. The summed E-state index contributed by atoms with van der Waals surface area (Å²) in [6.45, 7) is 0.521. The Bertz CT molecular complexity index is 601. The molecule has 1 aliphatic rings. The summed E-state index contributed by atoms with van der Waals surface area (Å²) >= 11 is 0. The number of hydrogen-bond donors (Lipinski definition) is 1. The van der Waals surface area contributed by atoms with Crippen LogP contribution in [-0.4, -0.2) is 20.7 Å². The van der Waals surface area contributed by atoms with Crippen molar-refractivity contribution in [3.63, 3.8) is 0 Å². The fraction of sp³-hybridized carbons (Fsp3) is 0.357. The lowest BCUT2D eigenvalue weighted by Gasteiger charge is -2.08. The van der Waals surface area contributed by atoms with Gasteiger partial charge in [-0.05, 0) is 24.5 Å². The van der Waals surface area contributed by atoms with Crippen LogP contribution in [0, 0.1) is 5.92 Å². The minimum absolute atomic E-state index is 0.154. The summed E-state index contributed by atoms with van der Waals surface area (Å²) in [5.74, 6) is 0.388. The molecular weight excluding hydrogens is 240 g/mol. The van der Waals surface area contributed by atoms with Gasteiger partial charge in [0.2, 0.25) is 5.91 Å². The average Bonchev–Trinajstić information content (AvgIpc) is 3.19. The van der Waals surface area contributed by atoms with Gasteiger partial charge in [-0.3, -0.25) is 14.5 Å². The molecule has 1 amide bonds. The van der Waals surface area contributed by atoms with Crippen LogP contribution in [0.2, 0.25) is 0 Å². The van der Waals surface area contributed by atoms with Gasteiger partial charge in [-0.25, -0.2) is 0 Å². The van der Waals surface area contributed by atoms with Gasteiger partial charge in [-0.1, -0.05) is 6.07 Å². The Hall–Kier alpha value is -2.17. The van der Waals surface area contributed by atoms with Crippen LogP contribution in [0.25, 0.3) is 11.3 Å². The lowest BCUT2D eigenvalue weighted by Crippen LogP contribution is -2.24. The summed E-state index contributed by atoms with van der Waals surface area (Å²) in [7, 11) is 1.88. The predicted octanol–water partition coefficient (Wildman–Crippen LogP) is 1.51. The number of hydrogen-bond acceptors (Lipinski definition) is 3. The van der Waals surface area contributed by atoms with Crippen molar-refractivity contribution in [3.05, 3.63) is 36.3 Å². The Balaban J connectivity index is 1.78. The number of nitrogens with one attached hydrogen (secondary N) is 1. The topological polar surface area (TPSA) is 59.8 Å². The van der Waals surface area contributed by atoms with Crippen LogP contribution in [0.5, 0.6) is 0 Å². The minimum Gasteiger partial charge on any atom is -0.352 e.